The standard InChI is InChI=1S/C11H9ClF3NO2S/c1-18-5-2-6(7(17)4-11(13,14)15)9-8(3-5)19-10(12)16-9/h2-3,7,17H,4H2,1H3. The van der Waals surface area contributed by atoms with Gasteiger partial charge in [-0.25, -0.2) is 4.98 Å². The maximum atomic E-state index is 12.3. The number of rotatable bonds is 3. The van der Waals surface area contributed by atoms with E-state index in [1.807, 2.05) is 0 Å². The monoisotopic (exact) mass is 311 g/mol. The van der Waals surface area contributed by atoms with Gasteiger partial charge in [0.2, 0.25) is 0 Å². The van der Waals surface area contributed by atoms with Crippen LogP contribution in [0.25, 0.3) is 10.2 Å². The summed E-state index contributed by atoms with van der Waals surface area (Å²) in [6, 6.07) is 2.96. The number of nitrogens with zero attached hydrogens (tertiary/aromatic N) is 1. The molecule has 0 amide bonds. The molecular weight excluding hydrogens is 303 g/mol. The number of ether oxygens (including phenoxy) is 1. The molecule has 1 unspecified atom stereocenters. The van der Waals surface area contributed by atoms with Crippen molar-refractivity contribution in [3.63, 3.8) is 0 Å². The van der Waals surface area contributed by atoms with Gasteiger partial charge in [-0.05, 0) is 12.1 Å². The first-order valence-corrected chi connectivity index (χ1v) is 6.38. The Hall–Kier alpha value is -1.05. The second kappa shape index (κ2) is 5.15. The number of fused-ring (bicyclic) bond motifs is 1. The highest BCUT2D eigenvalue weighted by Crippen LogP contribution is 2.38. The number of methoxy groups -OCH3 is 1. The van der Waals surface area contributed by atoms with Crippen molar-refractivity contribution < 1.29 is 23.0 Å². The smallest absolute Gasteiger partial charge is 0.391 e. The molecule has 0 fully saturated rings. The van der Waals surface area contributed by atoms with E-state index < -0.39 is 18.7 Å². The number of halogens is 4. The SMILES string of the molecule is COc1cc(C(O)CC(F)(F)F)c2nc(Cl)sc2c1. The Morgan fingerprint density at radius 3 is 2.74 bits per heavy atom. The van der Waals surface area contributed by atoms with Crippen LogP contribution in [-0.2, 0) is 0 Å². The summed E-state index contributed by atoms with van der Waals surface area (Å²) in [5.74, 6) is 0.351. The molecule has 104 valence electrons. The first-order chi connectivity index (χ1) is 8.80. The highest BCUT2D eigenvalue weighted by Gasteiger charge is 2.33. The van der Waals surface area contributed by atoms with Crippen LogP contribution in [0.15, 0.2) is 12.1 Å². The molecule has 2 rings (SSSR count). The molecule has 0 bridgehead atoms. The van der Waals surface area contributed by atoms with Gasteiger partial charge in [-0.1, -0.05) is 11.6 Å². The Bertz CT molecular complexity index is 599. The Morgan fingerprint density at radius 1 is 1.47 bits per heavy atom. The van der Waals surface area contributed by atoms with E-state index in [-0.39, 0.29) is 15.5 Å². The highest BCUT2D eigenvalue weighted by atomic mass is 35.5. The van der Waals surface area contributed by atoms with E-state index in [0.717, 1.165) is 11.3 Å². The van der Waals surface area contributed by atoms with Crippen molar-refractivity contribution in [2.75, 3.05) is 7.11 Å². The maximum Gasteiger partial charge on any atom is 0.391 e. The van der Waals surface area contributed by atoms with Crippen LogP contribution in [-0.4, -0.2) is 23.4 Å². The van der Waals surface area contributed by atoms with Crippen LogP contribution in [0.4, 0.5) is 13.2 Å². The van der Waals surface area contributed by atoms with Crippen molar-refractivity contribution >= 4 is 33.2 Å². The predicted octanol–water partition coefficient (Wildman–Crippen LogP) is 3.94. The Kier molecular flexibility index (Phi) is 3.89. The third-order valence-electron chi connectivity index (χ3n) is 2.49. The van der Waals surface area contributed by atoms with Crippen LogP contribution in [0.3, 0.4) is 0 Å². The molecular formula is C11H9ClF3NO2S. The summed E-state index contributed by atoms with van der Waals surface area (Å²) in [6.07, 6.45) is -7.50. The van der Waals surface area contributed by atoms with Gasteiger partial charge >= 0.3 is 6.18 Å². The minimum absolute atomic E-state index is 0.0647. The fraction of sp³-hybridized carbons (Fsp3) is 0.364. The zero-order valence-electron chi connectivity index (χ0n) is 9.66. The molecule has 0 saturated carbocycles. The summed E-state index contributed by atoms with van der Waals surface area (Å²) in [5.41, 5.74) is 0.336. The van der Waals surface area contributed by atoms with E-state index in [0.29, 0.717) is 10.4 Å². The fourth-order valence-electron chi connectivity index (χ4n) is 1.70. The van der Waals surface area contributed by atoms with Gasteiger partial charge in [-0.3, -0.25) is 0 Å². The van der Waals surface area contributed by atoms with Crippen molar-refractivity contribution in [3.8, 4) is 5.75 Å². The normalized spacial score (nSPS) is 13.8. The van der Waals surface area contributed by atoms with Gasteiger partial charge in [0.25, 0.3) is 0 Å². The van der Waals surface area contributed by atoms with E-state index >= 15 is 0 Å². The van der Waals surface area contributed by atoms with Crippen molar-refractivity contribution in [1.82, 2.24) is 4.98 Å². The van der Waals surface area contributed by atoms with Gasteiger partial charge in [0.15, 0.2) is 4.47 Å². The molecule has 2 aromatic rings. The van der Waals surface area contributed by atoms with Gasteiger partial charge in [0.1, 0.15) is 5.75 Å². The molecule has 0 aliphatic heterocycles. The summed E-state index contributed by atoms with van der Waals surface area (Å²) in [4.78, 5) is 3.94. The molecule has 0 aliphatic rings. The molecule has 0 spiro atoms. The Morgan fingerprint density at radius 2 is 2.16 bits per heavy atom. The maximum absolute atomic E-state index is 12.3. The number of aliphatic hydroxyl groups is 1. The summed E-state index contributed by atoms with van der Waals surface area (Å²) in [5, 5.41) is 9.73. The van der Waals surface area contributed by atoms with Gasteiger partial charge in [-0.2, -0.15) is 13.2 Å². The molecule has 0 aliphatic carbocycles. The van der Waals surface area contributed by atoms with Gasteiger partial charge < -0.3 is 9.84 Å². The summed E-state index contributed by atoms with van der Waals surface area (Å²) >= 11 is 6.86. The second-order valence-electron chi connectivity index (χ2n) is 3.87. The number of benzene rings is 1. The number of hydrogen-bond acceptors (Lipinski definition) is 4. The van der Waals surface area contributed by atoms with Crippen LogP contribution in [0, 0.1) is 0 Å². The number of hydrogen-bond donors (Lipinski definition) is 1. The number of thiazole rings is 1. The number of aliphatic hydroxyl groups excluding tert-OH is 1. The minimum atomic E-state index is -4.46. The predicted molar refractivity (Wildman–Crippen MR) is 66.8 cm³/mol. The van der Waals surface area contributed by atoms with Gasteiger partial charge in [-0.15, -0.1) is 11.3 Å². The van der Waals surface area contributed by atoms with Crippen molar-refractivity contribution in [2.45, 2.75) is 18.7 Å². The molecule has 1 N–H and O–H groups in total. The van der Waals surface area contributed by atoms with Crippen LogP contribution in [0.5, 0.6) is 5.75 Å². The zero-order chi connectivity index (χ0) is 14.2. The average Bonchev–Trinajstić information content (AvgIpc) is 2.65. The lowest BCUT2D eigenvalue weighted by Gasteiger charge is -2.14. The van der Waals surface area contributed by atoms with Gasteiger partial charge in [0.05, 0.1) is 29.9 Å². The van der Waals surface area contributed by atoms with Crippen molar-refractivity contribution in [3.05, 3.63) is 22.2 Å². The first-order valence-electron chi connectivity index (χ1n) is 5.19. The molecule has 1 aromatic carbocycles. The zero-order valence-corrected chi connectivity index (χ0v) is 11.2. The lowest BCUT2D eigenvalue weighted by molar-refractivity contribution is -0.154. The highest BCUT2D eigenvalue weighted by molar-refractivity contribution is 7.22. The van der Waals surface area contributed by atoms with E-state index in [2.05, 4.69) is 4.98 Å². The molecule has 3 nitrogen and oxygen atoms in total. The van der Waals surface area contributed by atoms with Crippen molar-refractivity contribution in [2.24, 2.45) is 0 Å². The third-order valence-corrected chi connectivity index (χ3v) is 3.60. The number of aromatic nitrogens is 1. The molecule has 0 saturated heterocycles. The Balaban J connectivity index is 2.50. The average molecular weight is 312 g/mol. The van der Waals surface area contributed by atoms with Gasteiger partial charge in [0, 0.05) is 5.56 Å². The quantitative estimate of drug-likeness (QED) is 0.933. The summed E-state index contributed by atoms with van der Waals surface area (Å²) in [7, 11) is 1.39. The summed E-state index contributed by atoms with van der Waals surface area (Å²) < 4.78 is 42.8. The topological polar surface area (TPSA) is 42.4 Å². The van der Waals surface area contributed by atoms with E-state index in [1.54, 1.807) is 6.07 Å². The second-order valence-corrected chi connectivity index (χ2v) is 5.48. The molecule has 8 heteroatoms. The molecule has 1 aromatic heterocycles. The lowest BCUT2D eigenvalue weighted by atomic mass is 10.0. The third kappa shape index (κ3) is 3.29. The summed E-state index contributed by atoms with van der Waals surface area (Å²) in [6.45, 7) is 0. The minimum Gasteiger partial charge on any atom is -0.497 e. The van der Waals surface area contributed by atoms with Crippen LogP contribution < -0.4 is 4.74 Å². The molecule has 0 radical (unpaired) electrons. The Labute approximate surface area is 115 Å². The molecule has 1 atom stereocenters. The van der Waals surface area contributed by atoms with Crippen LogP contribution in [0.1, 0.15) is 18.1 Å². The van der Waals surface area contributed by atoms with E-state index in [1.165, 1.54) is 13.2 Å². The largest absolute Gasteiger partial charge is 0.497 e. The molecule has 1 heterocycles. The van der Waals surface area contributed by atoms with Crippen molar-refractivity contribution in [1.29, 1.82) is 0 Å². The number of alkyl halides is 3. The van der Waals surface area contributed by atoms with E-state index in [9.17, 15) is 18.3 Å². The van der Waals surface area contributed by atoms with Crippen LogP contribution >= 0.6 is 22.9 Å². The van der Waals surface area contributed by atoms with Crippen LogP contribution in [0.2, 0.25) is 4.47 Å². The fourth-order valence-corrected chi connectivity index (χ4v) is 2.79. The first kappa shape index (κ1) is 14.4. The molecule has 19 heavy (non-hydrogen) atoms. The van der Waals surface area contributed by atoms with E-state index in [4.69, 9.17) is 16.3 Å². The lowest BCUT2D eigenvalue weighted by Crippen LogP contribution is -2.14.